The van der Waals surface area contributed by atoms with Gasteiger partial charge in [0, 0.05) is 12.6 Å². The fourth-order valence-electron chi connectivity index (χ4n) is 1.60. The van der Waals surface area contributed by atoms with Gasteiger partial charge >= 0.3 is 0 Å². The summed E-state index contributed by atoms with van der Waals surface area (Å²) in [7, 11) is 0. The molecule has 98 valence electrons. The zero-order chi connectivity index (χ0) is 13.7. The van der Waals surface area contributed by atoms with Crippen molar-refractivity contribution in [3.63, 3.8) is 0 Å². The van der Waals surface area contributed by atoms with Crippen LogP contribution in [0.3, 0.4) is 0 Å². The Kier molecular flexibility index (Phi) is 4.07. The average Bonchev–Trinajstić information content (AvgIpc) is 2.41. The van der Waals surface area contributed by atoms with Crippen LogP contribution in [0.2, 0.25) is 0 Å². The number of carbonyl (C=O) groups is 1. The van der Waals surface area contributed by atoms with E-state index in [-0.39, 0.29) is 23.6 Å². The predicted octanol–water partition coefficient (Wildman–Crippen LogP) is 1.92. The van der Waals surface area contributed by atoms with Crippen LogP contribution in [0.4, 0.5) is 4.39 Å². The lowest BCUT2D eigenvalue weighted by Gasteiger charge is -1.99. The summed E-state index contributed by atoms with van der Waals surface area (Å²) in [6.07, 6.45) is 2.09. The Bertz CT molecular complexity index is 632. The summed E-state index contributed by atoms with van der Waals surface area (Å²) in [5.74, 6) is -0.635. The second kappa shape index (κ2) is 5.95. The molecule has 0 bridgehead atoms. The molecule has 0 aliphatic rings. The molecule has 1 N–H and O–H groups in total. The number of halogens is 1. The smallest absolute Gasteiger partial charge is 0.248 e. The summed E-state index contributed by atoms with van der Waals surface area (Å²) in [4.78, 5) is 15.4. The Labute approximate surface area is 109 Å². The number of carbonyl (C=O) groups excluding carboxylic acids is 1. The van der Waals surface area contributed by atoms with Crippen LogP contribution in [-0.4, -0.2) is 15.8 Å². The van der Waals surface area contributed by atoms with E-state index in [1.165, 1.54) is 24.4 Å². The fraction of sp³-hybridized carbons (Fsp3) is 0.143. The number of aromatic nitrogens is 1. The molecule has 1 amide bonds. The van der Waals surface area contributed by atoms with Crippen molar-refractivity contribution in [2.45, 2.75) is 12.8 Å². The summed E-state index contributed by atoms with van der Waals surface area (Å²) in [5.41, 5.74) is 1.06. The highest BCUT2D eigenvalue weighted by atomic mass is 19.1. The molecule has 0 spiro atoms. The summed E-state index contributed by atoms with van der Waals surface area (Å²) >= 11 is 0. The number of hydrogen-bond acceptors (Lipinski definition) is 2. The van der Waals surface area contributed by atoms with E-state index in [0.717, 1.165) is 10.3 Å². The Hall–Kier alpha value is -2.43. The number of aryl methyl sites for hydroxylation is 1. The second-order valence-corrected chi connectivity index (χ2v) is 4.04. The van der Waals surface area contributed by atoms with Crippen molar-refractivity contribution in [1.82, 2.24) is 4.73 Å². The number of amides is 1. The largest absolute Gasteiger partial charge is 0.427 e. The van der Waals surface area contributed by atoms with Gasteiger partial charge in [-0.05, 0) is 36.2 Å². The van der Waals surface area contributed by atoms with Gasteiger partial charge in [0.15, 0.2) is 5.49 Å². The molecule has 4 nitrogen and oxygen atoms in total. The minimum Gasteiger partial charge on any atom is -0.427 e. The van der Waals surface area contributed by atoms with Crippen molar-refractivity contribution in [3.8, 4) is 0 Å². The first-order chi connectivity index (χ1) is 9.15. The monoisotopic (exact) mass is 260 g/mol. The number of benzene rings is 1. The van der Waals surface area contributed by atoms with Gasteiger partial charge in [-0.15, -0.1) is 0 Å². The quantitative estimate of drug-likeness (QED) is 0.857. The maximum absolute atomic E-state index is 12.7. The average molecular weight is 260 g/mol. The van der Waals surface area contributed by atoms with E-state index in [0.29, 0.717) is 6.42 Å². The Morgan fingerprint density at radius 2 is 1.95 bits per heavy atom. The van der Waals surface area contributed by atoms with E-state index in [4.69, 9.17) is 0 Å². The van der Waals surface area contributed by atoms with Crippen LogP contribution in [0.1, 0.15) is 12.0 Å². The lowest BCUT2D eigenvalue weighted by atomic mass is 10.1. The van der Waals surface area contributed by atoms with E-state index in [2.05, 4.69) is 4.99 Å². The zero-order valence-electron chi connectivity index (χ0n) is 10.2. The number of hydrogen-bond donors (Lipinski definition) is 1. The maximum atomic E-state index is 12.7. The van der Waals surface area contributed by atoms with E-state index in [1.54, 1.807) is 24.3 Å². The maximum Gasteiger partial charge on any atom is 0.248 e. The van der Waals surface area contributed by atoms with E-state index in [1.807, 2.05) is 0 Å². The normalized spacial score (nSPS) is 11.5. The molecule has 0 aliphatic carbocycles. The second-order valence-electron chi connectivity index (χ2n) is 4.04. The van der Waals surface area contributed by atoms with Crippen LogP contribution in [0.5, 0.6) is 0 Å². The van der Waals surface area contributed by atoms with Crippen molar-refractivity contribution in [2.75, 3.05) is 0 Å². The van der Waals surface area contributed by atoms with Crippen LogP contribution in [-0.2, 0) is 11.2 Å². The first kappa shape index (κ1) is 13.0. The summed E-state index contributed by atoms with van der Waals surface area (Å²) in [6, 6.07) is 10.8. The van der Waals surface area contributed by atoms with Crippen molar-refractivity contribution < 1.29 is 14.4 Å². The third-order valence-corrected chi connectivity index (χ3v) is 2.60. The van der Waals surface area contributed by atoms with Crippen LogP contribution >= 0.6 is 0 Å². The van der Waals surface area contributed by atoms with Crippen molar-refractivity contribution in [3.05, 3.63) is 65.5 Å². The molecule has 0 saturated heterocycles. The lowest BCUT2D eigenvalue weighted by molar-refractivity contribution is -0.118. The van der Waals surface area contributed by atoms with Crippen LogP contribution < -0.4 is 5.49 Å². The summed E-state index contributed by atoms with van der Waals surface area (Å²) in [5, 5.41) is 9.40. The third-order valence-electron chi connectivity index (χ3n) is 2.60. The number of pyridine rings is 1. The first-order valence-electron chi connectivity index (χ1n) is 5.84. The molecule has 1 heterocycles. The fourth-order valence-corrected chi connectivity index (χ4v) is 1.60. The molecular weight excluding hydrogens is 247 g/mol. The van der Waals surface area contributed by atoms with Gasteiger partial charge in [-0.3, -0.25) is 4.79 Å². The van der Waals surface area contributed by atoms with Gasteiger partial charge in [-0.1, -0.05) is 18.2 Å². The summed E-state index contributed by atoms with van der Waals surface area (Å²) in [6.45, 7) is 0. The molecule has 5 heteroatoms. The molecular formula is C14H13FN2O2. The third kappa shape index (κ3) is 3.77. The van der Waals surface area contributed by atoms with Crippen LogP contribution in [0.15, 0.2) is 53.7 Å². The van der Waals surface area contributed by atoms with E-state index >= 15 is 0 Å². The minimum absolute atomic E-state index is 0.187. The van der Waals surface area contributed by atoms with Gasteiger partial charge in [0.1, 0.15) is 5.82 Å². The van der Waals surface area contributed by atoms with Gasteiger partial charge < -0.3 is 5.21 Å². The zero-order valence-corrected chi connectivity index (χ0v) is 10.2. The Morgan fingerprint density at radius 3 is 2.63 bits per heavy atom. The van der Waals surface area contributed by atoms with Crippen LogP contribution in [0, 0.1) is 5.82 Å². The van der Waals surface area contributed by atoms with Crippen molar-refractivity contribution >= 4 is 5.91 Å². The molecule has 1 aromatic heterocycles. The van der Waals surface area contributed by atoms with Gasteiger partial charge in [0.05, 0.1) is 0 Å². The Balaban J connectivity index is 2.01. The molecule has 0 radical (unpaired) electrons. The van der Waals surface area contributed by atoms with Crippen LogP contribution in [0.25, 0.3) is 0 Å². The van der Waals surface area contributed by atoms with Crippen molar-refractivity contribution in [2.24, 2.45) is 4.99 Å². The molecule has 0 saturated carbocycles. The van der Waals surface area contributed by atoms with E-state index < -0.39 is 0 Å². The highest BCUT2D eigenvalue weighted by Gasteiger charge is 2.01. The van der Waals surface area contributed by atoms with Crippen molar-refractivity contribution in [1.29, 1.82) is 0 Å². The molecule has 19 heavy (non-hydrogen) atoms. The SMILES string of the molecule is O=C(CCc1ccc(F)cc1)N=c1ccccn1O. The minimum atomic E-state index is -0.335. The Morgan fingerprint density at radius 1 is 1.21 bits per heavy atom. The topological polar surface area (TPSA) is 54.6 Å². The van der Waals surface area contributed by atoms with Gasteiger partial charge in [0.25, 0.3) is 0 Å². The molecule has 2 rings (SSSR count). The lowest BCUT2D eigenvalue weighted by Crippen LogP contribution is -2.19. The number of nitrogens with zero attached hydrogens (tertiary/aromatic N) is 2. The highest BCUT2D eigenvalue weighted by Crippen LogP contribution is 2.05. The number of rotatable bonds is 3. The summed E-state index contributed by atoms with van der Waals surface area (Å²) < 4.78 is 13.5. The van der Waals surface area contributed by atoms with Gasteiger partial charge in [0.2, 0.25) is 5.91 Å². The molecule has 1 aromatic carbocycles. The molecule has 0 atom stereocenters. The van der Waals surface area contributed by atoms with Gasteiger partial charge in [-0.25, -0.2) is 4.39 Å². The molecule has 2 aromatic rings. The molecule has 0 aliphatic heterocycles. The van der Waals surface area contributed by atoms with Gasteiger partial charge in [-0.2, -0.15) is 9.72 Å². The molecule has 0 unspecified atom stereocenters. The standard InChI is InChI=1S/C14H13FN2O2/c15-12-7-4-11(5-8-12)6-9-14(18)16-13-3-1-2-10-17(13)19/h1-5,7-8,10,19H,6,9H2. The highest BCUT2D eigenvalue weighted by molar-refractivity contribution is 5.77. The predicted molar refractivity (Wildman–Crippen MR) is 66.9 cm³/mol. The van der Waals surface area contributed by atoms with E-state index in [9.17, 15) is 14.4 Å². The molecule has 0 fully saturated rings. The first-order valence-corrected chi connectivity index (χ1v) is 5.84.